The molecule has 1 unspecified atom stereocenters. The van der Waals surface area contributed by atoms with Gasteiger partial charge in [0.25, 0.3) is 0 Å². The summed E-state index contributed by atoms with van der Waals surface area (Å²) in [5, 5.41) is 7.85. The summed E-state index contributed by atoms with van der Waals surface area (Å²) in [5.41, 5.74) is 0.390. The predicted molar refractivity (Wildman–Crippen MR) is 86.7 cm³/mol. The van der Waals surface area contributed by atoms with Crippen LogP contribution in [0.2, 0.25) is 9.36 Å². The van der Waals surface area contributed by atoms with E-state index in [2.05, 4.69) is 16.0 Å². The molecule has 1 aliphatic rings. The van der Waals surface area contributed by atoms with Crippen LogP contribution < -0.4 is 16.0 Å². The second kappa shape index (κ2) is 7.29. The highest BCUT2D eigenvalue weighted by Crippen LogP contribution is 2.40. The number of carbonyl (C=O) groups excluding carboxylic acids is 4. The number of halogens is 2. The molecule has 0 saturated carbocycles. The lowest BCUT2D eigenvalue weighted by atomic mass is 10.1. The molecule has 124 valence electrons. The van der Waals surface area contributed by atoms with Gasteiger partial charge in [-0.05, 0) is 6.42 Å². The Bertz CT molecular complexity index is 689. The van der Waals surface area contributed by atoms with Gasteiger partial charge < -0.3 is 10.6 Å². The fourth-order valence-corrected chi connectivity index (χ4v) is 3.63. The van der Waals surface area contributed by atoms with Crippen LogP contribution in [0, 0.1) is 0 Å². The molecule has 1 aromatic heterocycles. The van der Waals surface area contributed by atoms with Crippen molar-refractivity contribution < 1.29 is 19.2 Å². The number of hydrogen-bond donors (Lipinski definition) is 3. The van der Waals surface area contributed by atoms with Crippen molar-refractivity contribution in [3.63, 3.8) is 0 Å². The Morgan fingerprint density at radius 2 is 2.04 bits per heavy atom. The normalized spacial score (nSPS) is 17.6. The Balaban J connectivity index is 2.07. The minimum atomic E-state index is -0.766. The van der Waals surface area contributed by atoms with Gasteiger partial charge in [0.1, 0.15) is 15.4 Å². The molecule has 1 aromatic rings. The van der Waals surface area contributed by atoms with Crippen LogP contribution >= 0.6 is 34.5 Å². The third kappa shape index (κ3) is 4.43. The average molecular weight is 378 g/mol. The van der Waals surface area contributed by atoms with Crippen molar-refractivity contribution in [1.29, 1.82) is 0 Å². The lowest BCUT2D eigenvalue weighted by Crippen LogP contribution is -2.52. The Hall–Kier alpha value is -1.64. The number of piperidine rings is 1. The van der Waals surface area contributed by atoms with Gasteiger partial charge in [-0.3, -0.25) is 24.5 Å². The topological polar surface area (TPSA) is 104 Å². The molecule has 7 nitrogen and oxygen atoms in total. The van der Waals surface area contributed by atoms with E-state index in [-0.39, 0.29) is 40.4 Å². The molecular formula is C13H13Cl2N3O4S. The largest absolute Gasteiger partial charge is 0.344 e. The second-order valence-corrected chi connectivity index (χ2v) is 6.93. The number of imide groups is 1. The predicted octanol–water partition coefficient (Wildman–Crippen LogP) is 1.48. The average Bonchev–Trinajstić information content (AvgIpc) is 2.69. The number of hydrogen-bond acceptors (Lipinski definition) is 5. The summed E-state index contributed by atoms with van der Waals surface area (Å²) >= 11 is 13.0. The molecular weight excluding hydrogens is 365 g/mol. The van der Waals surface area contributed by atoms with Crippen LogP contribution in [-0.4, -0.2) is 29.7 Å². The van der Waals surface area contributed by atoms with E-state index < -0.39 is 17.9 Å². The molecule has 2 rings (SSSR count). The van der Waals surface area contributed by atoms with Crippen LogP contribution in [0.15, 0.2) is 0 Å². The molecule has 0 aromatic carbocycles. The van der Waals surface area contributed by atoms with E-state index in [4.69, 9.17) is 23.2 Å². The highest BCUT2D eigenvalue weighted by Gasteiger charge is 2.28. The molecule has 10 heteroatoms. The van der Waals surface area contributed by atoms with Gasteiger partial charge in [-0.15, -0.1) is 11.3 Å². The number of rotatable bonds is 4. The zero-order valence-corrected chi connectivity index (χ0v) is 14.3. The van der Waals surface area contributed by atoms with Crippen molar-refractivity contribution in [3.8, 4) is 0 Å². The van der Waals surface area contributed by atoms with Crippen molar-refractivity contribution >= 4 is 63.2 Å². The van der Waals surface area contributed by atoms with E-state index in [0.29, 0.717) is 10.6 Å². The summed E-state index contributed by atoms with van der Waals surface area (Å²) in [6.45, 7) is 1.33. The van der Waals surface area contributed by atoms with Gasteiger partial charge in [0, 0.05) is 18.9 Å². The second-order valence-electron chi connectivity index (χ2n) is 4.93. The fourth-order valence-electron chi connectivity index (χ4n) is 2.07. The van der Waals surface area contributed by atoms with E-state index in [0.717, 1.165) is 11.3 Å². The van der Waals surface area contributed by atoms with Gasteiger partial charge in [0.2, 0.25) is 23.6 Å². The first-order valence-corrected chi connectivity index (χ1v) is 8.22. The summed E-state index contributed by atoms with van der Waals surface area (Å²) in [6.07, 6.45) is 0.265. The summed E-state index contributed by atoms with van der Waals surface area (Å²) in [7, 11) is 0. The van der Waals surface area contributed by atoms with Crippen molar-refractivity contribution in [2.45, 2.75) is 32.2 Å². The lowest BCUT2D eigenvalue weighted by molar-refractivity contribution is -0.137. The van der Waals surface area contributed by atoms with Gasteiger partial charge in [-0.25, -0.2) is 0 Å². The molecule has 2 heterocycles. The van der Waals surface area contributed by atoms with Gasteiger partial charge in [-0.1, -0.05) is 23.2 Å². The zero-order valence-electron chi connectivity index (χ0n) is 12.0. The Morgan fingerprint density at radius 1 is 1.35 bits per heavy atom. The third-order valence-electron chi connectivity index (χ3n) is 3.10. The van der Waals surface area contributed by atoms with E-state index >= 15 is 0 Å². The molecule has 0 bridgehead atoms. The number of nitrogens with one attached hydrogen (secondary N) is 3. The minimum Gasteiger partial charge on any atom is -0.344 e. The molecule has 3 N–H and O–H groups in total. The van der Waals surface area contributed by atoms with Crippen molar-refractivity contribution in [3.05, 3.63) is 14.9 Å². The summed E-state index contributed by atoms with van der Waals surface area (Å²) in [5.74, 6) is -1.67. The van der Waals surface area contributed by atoms with E-state index in [1.165, 1.54) is 6.92 Å². The number of thiophene rings is 1. The highest BCUT2D eigenvalue weighted by molar-refractivity contribution is 7.21. The van der Waals surface area contributed by atoms with Crippen LogP contribution in [0.5, 0.6) is 0 Å². The molecule has 0 aliphatic carbocycles. The molecule has 0 radical (unpaired) electrons. The van der Waals surface area contributed by atoms with E-state index in [1.54, 1.807) is 0 Å². The van der Waals surface area contributed by atoms with Crippen molar-refractivity contribution in [2.75, 3.05) is 5.32 Å². The van der Waals surface area contributed by atoms with Crippen LogP contribution in [-0.2, 0) is 25.6 Å². The minimum absolute atomic E-state index is 0.143. The quantitative estimate of drug-likeness (QED) is 0.691. The summed E-state index contributed by atoms with van der Waals surface area (Å²) in [6, 6.07) is -0.766. The van der Waals surface area contributed by atoms with Crippen LogP contribution in [0.4, 0.5) is 5.00 Å². The van der Waals surface area contributed by atoms with Crippen molar-refractivity contribution in [1.82, 2.24) is 10.6 Å². The number of carbonyl (C=O) groups is 4. The summed E-state index contributed by atoms with van der Waals surface area (Å²) in [4.78, 5) is 46.0. The monoisotopic (exact) mass is 377 g/mol. The van der Waals surface area contributed by atoms with Crippen LogP contribution in [0.3, 0.4) is 0 Å². The molecule has 4 amide bonds. The van der Waals surface area contributed by atoms with Gasteiger partial charge in [0.05, 0.1) is 11.4 Å². The molecule has 1 aliphatic heterocycles. The fraction of sp³-hybridized carbons (Fsp3) is 0.385. The first kappa shape index (κ1) is 17.7. The number of amides is 4. The molecule has 0 spiro atoms. The van der Waals surface area contributed by atoms with Crippen LogP contribution in [0.25, 0.3) is 0 Å². The Morgan fingerprint density at radius 3 is 2.65 bits per heavy atom. The molecule has 23 heavy (non-hydrogen) atoms. The van der Waals surface area contributed by atoms with E-state index in [9.17, 15) is 19.2 Å². The smallest absolute Gasteiger partial charge is 0.249 e. The standard InChI is InChI=1S/C13H13Cl2N3O4S/c1-5(19)16-13-6(10(14)11(15)23-13)4-9(21)17-7-2-3-8(20)18-12(7)22/h7H,2-4H2,1H3,(H,16,19)(H,17,21)(H,18,20,22). The maximum atomic E-state index is 12.1. The third-order valence-corrected chi connectivity index (χ3v) is 5.09. The van der Waals surface area contributed by atoms with Gasteiger partial charge in [0.15, 0.2) is 0 Å². The maximum Gasteiger partial charge on any atom is 0.249 e. The van der Waals surface area contributed by atoms with Gasteiger partial charge in [-0.2, -0.15) is 0 Å². The van der Waals surface area contributed by atoms with Gasteiger partial charge >= 0.3 is 0 Å². The zero-order chi connectivity index (χ0) is 17.1. The Kier molecular flexibility index (Phi) is 5.61. The highest BCUT2D eigenvalue weighted by atomic mass is 35.5. The molecule has 1 saturated heterocycles. The maximum absolute atomic E-state index is 12.1. The lowest BCUT2D eigenvalue weighted by Gasteiger charge is -2.21. The number of anilines is 1. The van der Waals surface area contributed by atoms with Crippen molar-refractivity contribution in [2.24, 2.45) is 0 Å². The summed E-state index contributed by atoms with van der Waals surface area (Å²) < 4.78 is 0.263. The molecule has 1 atom stereocenters. The Labute approximate surface area is 145 Å². The first-order chi connectivity index (χ1) is 10.8. The van der Waals surface area contributed by atoms with Crippen LogP contribution in [0.1, 0.15) is 25.3 Å². The SMILES string of the molecule is CC(=O)Nc1sc(Cl)c(Cl)c1CC(=O)NC1CCC(=O)NC1=O. The molecule has 1 fully saturated rings. The first-order valence-electron chi connectivity index (χ1n) is 6.65. The van der Waals surface area contributed by atoms with E-state index in [1.807, 2.05) is 0 Å².